The Bertz CT molecular complexity index is 560. The molecule has 0 fully saturated rings. The topological polar surface area (TPSA) is 41.1 Å². The van der Waals surface area contributed by atoms with E-state index in [4.69, 9.17) is 0 Å². The second kappa shape index (κ2) is 8.82. The van der Waals surface area contributed by atoms with E-state index in [1.54, 1.807) is 0 Å². The second-order valence-corrected chi connectivity index (χ2v) is 5.12. The standard InChI is InChI=1S/C18H21FN2O/c19-11-12-20-18(22)21-14-17(16-9-5-2-6-10-16)13-15-7-3-1-4-8-15/h1-10,17H,11-14H2,(H2,20,21,22). The van der Waals surface area contributed by atoms with Crippen molar-refractivity contribution in [1.29, 1.82) is 0 Å². The van der Waals surface area contributed by atoms with Crippen LogP contribution in [0, 0.1) is 0 Å². The van der Waals surface area contributed by atoms with Crippen LogP contribution in [-0.4, -0.2) is 25.8 Å². The SMILES string of the molecule is O=C(NCCF)NCC(Cc1ccccc1)c1ccccc1. The average molecular weight is 300 g/mol. The lowest BCUT2D eigenvalue weighted by atomic mass is 9.92. The molecule has 4 heteroatoms. The number of hydrogen-bond donors (Lipinski definition) is 2. The summed E-state index contributed by atoms with van der Waals surface area (Å²) in [5.41, 5.74) is 2.40. The summed E-state index contributed by atoms with van der Waals surface area (Å²) in [6.45, 7) is -0.00288. The van der Waals surface area contributed by atoms with Gasteiger partial charge in [-0.05, 0) is 17.5 Å². The fourth-order valence-electron chi connectivity index (χ4n) is 2.37. The van der Waals surface area contributed by atoms with Crippen LogP contribution in [0.2, 0.25) is 0 Å². The zero-order valence-electron chi connectivity index (χ0n) is 12.5. The molecule has 2 rings (SSSR count). The molecule has 0 aromatic heterocycles. The minimum absolute atomic E-state index is 0.0422. The zero-order chi connectivity index (χ0) is 15.6. The molecule has 0 heterocycles. The van der Waals surface area contributed by atoms with E-state index in [0.717, 1.165) is 6.42 Å². The first-order valence-corrected chi connectivity index (χ1v) is 7.46. The molecule has 1 unspecified atom stereocenters. The number of amides is 2. The lowest BCUT2D eigenvalue weighted by Gasteiger charge is -2.18. The molecule has 116 valence electrons. The Hall–Kier alpha value is -2.36. The Labute approximate surface area is 130 Å². The largest absolute Gasteiger partial charge is 0.338 e. The Kier molecular flexibility index (Phi) is 6.42. The summed E-state index contributed by atoms with van der Waals surface area (Å²) in [5, 5.41) is 5.30. The molecule has 3 nitrogen and oxygen atoms in total. The van der Waals surface area contributed by atoms with Crippen molar-refractivity contribution in [3.05, 3.63) is 71.8 Å². The maximum absolute atomic E-state index is 12.1. The third-order valence-corrected chi connectivity index (χ3v) is 3.48. The number of nitrogens with one attached hydrogen (secondary N) is 2. The van der Waals surface area contributed by atoms with Crippen molar-refractivity contribution < 1.29 is 9.18 Å². The van der Waals surface area contributed by atoms with E-state index in [9.17, 15) is 9.18 Å². The van der Waals surface area contributed by atoms with E-state index in [1.165, 1.54) is 11.1 Å². The molecule has 0 saturated carbocycles. The summed E-state index contributed by atoms with van der Waals surface area (Å²) in [4.78, 5) is 11.6. The zero-order valence-corrected chi connectivity index (χ0v) is 12.5. The number of benzene rings is 2. The van der Waals surface area contributed by atoms with Crippen LogP contribution in [0.25, 0.3) is 0 Å². The fraction of sp³-hybridized carbons (Fsp3) is 0.278. The lowest BCUT2D eigenvalue weighted by Crippen LogP contribution is -2.39. The molecule has 2 amide bonds. The van der Waals surface area contributed by atoms with Crippen molar-refractivity contribution in [2.45, 2.75) is 12.3 Å². The minimum Gasteiger partial charge on any atom is -0.338 e. The third-order valence-electron chi connectivity index (χ3n) is 3.48. The molecule has 22 heavy (non-hydrogen) atoms. The monoisotopic (exact) mass is 300 g/mol. The van der Waals surface area contributed by atoms with Gasteiger partial charge in [0.25, 0.3) is 0 Å². The average Bonchev–Trinajstić information content (AvgIpc) is 2.58. The van der Waals surface area contributed by atoms with Gasteiger partial charge in [0, 0.05) is 19.0 Å². The van der Waals surface area contributed by atoms with Gasteiger partial charge < -0.3 is 10.6 Å². The second-order valence-electron chi connectivity index (χ2n) is 5.12. The predicted molar refractivity (Wildman–Crippen MR) is 86.7 cm³/mol. The Morgan fingerprint density at radius 1 is 0.955 bits per heavy atom. The van der Waals surface area contributed by atoms with Gasteiger partial charge in [-0.25, -0.2) is 9.18 Å². The highest BCUT2D eigenvalue weighted by atomic mass is 19.1. The molecular formula is C18H21FN2O. The van der Waals surface area contributed by atoms with Crippen LogP contribution in [0.4, 0.5) is 9.18 Å². The molecule has 0 saturated heterocycles. The first-order chi connectivity index (χ1) is 10.8. The van der Waals surface area contributed by atoms with Crippen molar-refractivity contribution in [3.8, 4) is 0 Å². The number of carbonyl (C=O) groups excluding carboxylic acids is 1. The molecule has 1 atom stereocenters. The molecule has 0 aliphatic carbocycles. The maximum atomic E-state index is 12.1. The minimum atomic E-state index is -0.556. The van der Waals surface area contributed by atoms with Gasteiger partial charge in [-0.2, -0.15) is 0 Å². The summed E-state index contributed by atoms with van der Waals surface area (Å²) < 4.78 is 12.1. The Balaban J connectivity index is 2.01. The lowest BCUT2D eigenvalue weighted by molar-refractivity contribution is 0.239. The highest BCUT2D eigenvalue weighted by Gasteiger charge is 2.13. The van der Waals surface area contributed by atoms with Gasteiger partial charge in [-0.3, -0.25) is 0 Å². The molecule has 0 aliphatic rings. The number of rotatable bonds is 7. The quantitative estimate of drug-likeness (QED) is 0.809. The highest BCUT2D eigenvalue weighted by Crippen LogP contribution is 2.20. The van der Waals surface area contributed by atoms with E-state index in [0.29, 0.717) is 6.54 Å². The summed E-state index contributed by atoms with van der Waals surface area (Å²) in [5.74, 6) is 0.180. The van der Waals surface area contributed by atoms with Gasteiger partial charge in [-0.1, -0.05) is 60.7 Å². The summed E-state index contributed by atoms with van der Waals surface area (Å²) >= 11 is 0. The normalized spacial score (nSPS) is 11.7. The third kappa shape index (κ3) is 5.20. The Morgan fingerprint density at radius 2 is 1.59 bits per heavy atom. The molecule has 0 aliphatic heterocycles. The molecule has 0 radical (unpaired) electrons. The number of hydrogen-bond acceptors (Lipinski definition) is 1. The number of halogens is 1. The van der Waals surface area contributed by atoms with Crippen LogP contribution < -0.4 is 10.6 Å². The summed E-state index contributed by atoms with van der Waals surface area (Å²) in [7, 11) is 0. The van der Waals surface area contributed by atoms with Crippen molar-refractivity contribution in [2.24, 2.45) is 0 Å². The van der Waals surface area contributed by atoms with E-state index < -0.39 is 6.67 Å². The van der Waals surface area contributed by atoms with Crippen LogP contribution >= 0.6 is 0 Å². The maximum Gasteiger partial charge on any atom is 0.314 e. The van der Waals surface area contributed by atoms with Crippen molar-refractivity contribution in [1.82, 2.24) is 10.6 Å². The van der Waals surface area contributed by atoms with Gasteiger partial charge in [0.2, 0.25) is 0 Å². The molecule has 0 bridgehead atoms. The number of alkyl halides is 1. The van der Waals surface area contributed by atoms with Crippen molar-refractivity contribution >= 4 is 6.03 Å². The van der Waals surface area contributed by atoms with Crippen molar-refractivity contribution in [3.63, 3.8) is 0 Å². The molecule has 0 spiro atoms. The van der Waals surface area contributed by atoms with Gasteiger partial charge in [0.15, 0.2) is 0 Å². The van der Waals surface area contributed by atoms with E-state index >= 15 is 0 Å². The van der Waals surface area contributed by atoms with Gasteiger partial charge >= 0.3 is 6.03 Å². The molecular weight excluding hydrogens is 279 g/mol. The van der Waals surface area contributed by atoms with Gasteiger partial charge in [0.05, 0.1) is 0 Å². The van der Waals surface area contributed by atoms with Crippen molar-refractivity contribution in [2.75, 3.05) is 19.8 Å². The van der Waals surface area contributed by atoms with Crippen LogP contribution in [0.15, 0.2) is 60.7 Å². The van der Waals surface area contributed by atoms with Crippen LogP contribution in [0.5, 0.6) is 0 Å². The predicted octanol–water partition coefficient (Wildman–Crippen LogP) is 3.28. The fourth-order valence-corrected chi connectivity index (χ4v) is 2.37. The van der Waals surface area contributed by atoms with E-state index in [2.05, 4.69) is 34.9 Å². The first kappa shape index (κ1) is 16.0. The van der Waals surface area contributed by atoms with Gasteiger partial charge in [0.1, 0.15) is 6.67 Å². The number of urea groups is 1. The highest BCUT2D eigenvalue weighted by molar-refractivity contribution is 5.73. The van der Waals surface area contributed by atoms with E-state index in [1.807, 2.05) is 36.4 Å². The van der Waals surface area contributed by atoms with Gasteiger partial charge in [-0.15, -0.1) is 0 Å². The first-order valence-electron chi connectivity index (χ1n) is 7.46. The number of carbonyl (C=O) groups is 1. The van der Waals surface area contributed by atoms with Crippen LogP contribution in [0.3, 0.4) is 0 Å². The molecule has 2 aromatic carbocycles. The summed E-state index contributed by atoms with van der Waals surface area (Å²) in [6.07, 6.45) is 0.842. The summed E-state index contributed by atoms with van der Waals surface area (Å²) in [6, 6.07) is 20.0. The van der Waals surface area contributed by atoms with Crippen LogP contribution in [-0.2, 0) is 6.42 Å². The molecule has 2 N–H and O–H groups in total. The smallest absolute Gasteiger partial charge is 0.314 e. The Morgan fingerprint density at radius 3 is 2.23 bits per heavy atom. The van der Waals surface area contributed by atoms with E-state index in [-0.39, 0.29) is 18.5 Å². The molecule has 2 aromatic rings. The van der Waals surface area contributed by atoms with Crippen LogP contribution in [0.1, 0.15) is 17.0 Å².